The molecule has 3 aliphatic rings. The van der Waals surface area contributed by atoms with Gasteiger partial charge < -0.3 is 0 Å². The van der Waals surface area contributed by atoms with Crippen LogP contribution in [-0.2, 0) is 21.8 Å². The number of fused-ring (bicyclic) bond motifs is 2. The smallest absolute Gasteiger partial charge is 0.178 e. The lowest BCUT2D eigenvalue weighted by Crippen LogP contribution is -2.39. The second kappa shape index (κ2) is 7.15. The minimum Gasteiger partial charge on any atom is -0.299 e. The van der Waals surface area contributed by atoms with E-state index in [0.29, 0.717) is 5.82 Å². The van der Waals surface area contributed by atoms with Crippen molar-refractivity contribution in [2.45, 2.75) is 29.7 Å². The van der Waals surface area contributed by atoms with Crippen molar-refractivity contribution in [3.8, 4) is 11.4 Å². The molecule has 7 heteroatoms. The van der Waals surface area contributed by atoms with Crippen molar-refractivity contribution in [2.24, 2.45) is 0 Å². The van der Waals surface area contributed by atoms with E-state index in [2.05, 4.69) is 45.2 Å². The van der Waals surface area contributed by atoms with E-state index in [0.717, 1.165) is 49.3 Å². The highest BCUT2D eigenvalue weighted by molar-refractivity contribution is 7.90. The van der Waals surface area contributed by atoms with Gasteiger partial charge in [0.25, 0.3) is 0 Å². The van der Waals surface area contributed by atoms with E-state index >= 15 is 0 Å². The highest BCUT2D eigenvalue weighted by Crippen LogP contribution is 2.47. The van der Waals surface area contributed by atoms with Crippen LogP contribution >= 0.6 is 11.6 Å². The third-order valence-electron chi connectivity index (χ3n) is 6.44. The summed E-state index contributed by atoms with van der Waals surface area (Å²) < 4.78 is 23.4. The Balaban J connectivity index is 1.59. The van der Waals surface area contributed by atoms with E-state index in [1.54, 1.807) is 0 Å². The molecule has 0 radical (unpaired) electrons. The Morgan fingerprint density at radius 2 is 1.67 bits per heavy atom. The zero-order valence-electron chi connectivity index (χ0n) is 16.7. The molecule has 0 saturated carbocycles. The second-order valence-corrected chi connectivity index (χ2v) is 10.7. The normalized spacial score (nSPS) is 23.1. The minimum absolute atomic E-state index is 0.00748. The Kier molecular flexibility index (Phi) is 4.69. The van der Waals surface area contributed by atoms with Gasteiger partial charge in [-0.05, 0) is 60.8 Å². The van der Waals surface area contributed by atoms with Crippen LogP contribution in [-0.4, -0.2) is 42.6 Å². The van der Waals surface area contributed by atoms with Crippen LogP contribution in [0.2, 0.25) is 5.02 Å². The monoisotopic (exact) mass is 439 g/mol. The number of hydrogen-bond donors (Lipinski definition) is 0. The second-order valence-electron chi connectivity index (χ2n) is 8.25. The molecule has 0 aliphatic carbocycles. The summed E-state index contributed by atoms with van der Waals surface area (Å²) >= 11 is 6.15. The summed E-state index contributed by atoms with van der Waals surface area (Å²) in [7, 11) is -3.31. The fourth-order valence-electron chi connectivity index (χ4n) is 4.80. The van der Waals surface area contributed by atoms with Gasteiger partial charge in [-0.2, -0.15) is 0 Å². The third-order valence-corrected chi connectivity index (χ3v) is 7.75. The average Bonchev–Trinajstić information content (AvgIpc) is 3.00. The first-order chi connectivity index (χ1) is 14.3. The molecule has 2 bridgehead atoms. The van der Waals surface area contributed by atoms with Crippen LogP contribution in [0.15, 0.2) is 59.8 Å². The van der Waals surface area contributed by atoms with E-state index in [4.69, 9.17) is 11.6 Å². The molecule has 154 valence electrons. The van der Waals surface area contributed by atoms with Gasteiger partial charge in [-0.25, -0.2) is 18.4 Å². The Morgan fingerprint density at radius 1 is 1.00 bits per heavy atom. The molecule has 3 aliphatic heterocycles. The summed E-state index contributed by atoms with van der Waals surface area (Å²) in [6, 6.07) is 14.7. The molecule has 6 rings (SSSR count). The number of nitrogens with zero attached hydrogens (tertiary/aromatic N) is 3. The largest absolute Gasteiger partial charge is 0.299 e. The van der Waals surface area contributed by atoms with Gasteiger partial charge in [-0.1, -0.05) is 35.9 Å². The minimum atomic E-state index is -3.31. The van der Waals surface area contributed by atoms with E-state index < -0.39 is 9.84 Å². The molecule has 2 aromatic carbocycles. The van der Waals surface area contributed by atoms with Gasteiger partial charge in [0.05, 0.1) is 0 Å². The third kappa shape index (κ3) is 3.33. The summed E-state index contributed by atoms with van der Waals surface area (Å²) in [5.74, 6) is 0.539. The van der Waals surface area contributed by atoms with Crippen molar-refractivity contribution in [1.82, 2.24) is 14.9 Å². The number of piperidine rings is 1. The quantitative estimate of drug-likeness (QED) is 0.614. The predicted octanol–water partition coefficient (Wildman–Crippen LogP) is 4.10. The van der Waals surface area contributed by atoms with Crippen LogP contribution in [0.4, 0.5) is 0 Å². The maximum Gasteiger partial charge on any atom is 0.178 e. The van der Waals surface area contributed by atoms with Crippen molar-refractivity contribution in [3.63, 3.8) is 0 Å². The zero-order chi connectivity index (χ0) is 20.9. The first kappa shape index (κ1) is 19.7. The molecular formula is C23H22ClN3O2S. The molecule has 5 nitrogen and oxygen atoms in total. The fourth-order valence-corrected chi connectivity index (χ4v) is 5.42. The molecule has 1 aromatic heterocycles. The molecule has 1 fully saturated rings. The van der Waals surface area contributed by atoms with Crippen molar-refractivity contribution in [3.05, 3.63) is 76.6 Å². The van der Waals surface area contributed by atoms with Gasteiger partial charge in [-0.15, -0.1) is 0 Å². The number of sulfone groups is 1. The molecular weight excluding hydrogens is 418 g/mol. The molecule has 1 saturated heterocycles. The van der Waals surface area contributed by atoms with Crippen LogP contribution in [0.3, 0.4) is 0 Å². The molecule has 0 atom stereocenters. The number of rotatable bonds is 3. The van der Waals surface area contributed by atoms with Gasteiger partial charge in [0.15, 0.2) is 15.7 Å². The lowest BCUT2D eigenvalue weighted by Gasteiger charge is -2.39. The summed E-state index contributed by atoms with van der Waals surface area (Å²) in [6.45, 7) is 3.03. The van der Waals surface area contributed by atoms with Crippen molar-refractivity contribution < 1.29 is 8.42 Å². The zero-order valence-corrected chi connectivity index (χ0v) is 18.2. The van der Waals surface area contributed by atoms with Gasteiger partial charge in [0.1, 0.15) is 4.90 Å². The molecule has 0 amide bonds. The van der Waals surface area contributed by atoms with Gasteiger partial charge in [0.2, 0.25) is 0 Å². The summed E-state index contributed by atoms with van der Waals surface area (Å²) in [6.07, 6.45) is 6.09. The van der Waals surface area contributed by atoms with Crippen LogP contribution in [0.5, 0.6) is 0 Å². The maximum atomic E-state index is 11.7. The molecule has 3 aromatic rings. The molecule has 4 heterocycles. The standard InChI is InChI=1S/C23H22ClN3O2S/c1-30(28,29)20-13-25-22(26-14-20)16-2-7-21-17(12-16)15-27-10-8-23(21,9-11-27)18-3-5-19(24)6-4-18/h2-7,12-14H,8-11,15H2,1H3. The highest BCUT2D eigenvalue weighted by Gasteiger charge is 2.42. The number of hydrogen-bond acceptors (Lipinski definition) is 5. The van der Waals surface area contributed by atoms with Crippen LogP contribution in [0.25, 0.3) is 11.4 Å². The topological polar surface area (TPSA) is 63.2 Å². The Morgan fingerprint density at radius 3 is 2.30 bits per heavy atom. The summed E-state index contributed by atoms with van der Waals surface area (Å²) in [5, 5.41) is 0.756. The lowest BCUT2D eigenvalue weighted by atomic mass is 9.68. The van der Waals surface area contributed by atoms with Gasteiger partial charge >= 0.3 is 0 Å². The molecule has 0 spiro atoms. The molecule has 0 N–H and O–H groups in total. The van der Waals surface area contributed by atoms with Crippen LogP contribution < -0.4 is 0 Å². The van der Waals surface area contributed by atoms with Crippen LogP contribution in [0, 0.1) is 0 Å². The Hall–Kier alpha value is -2.28. The average molecular weight is 440 g/mol. The van der Waals surface area contributed by atoms with E-state index in [9.17, 15) is 8.42 Å². The van der Waals surface area contributed by atoms with Gasteiger partial charge in [-0.3, -0.25) is 4.90 Å². The Labute approximate surface area is 181 Å². The van der Waals surface area contributed by atoms with Crippen molar-refractivity contribution in [1.29, 1.82) is 0 Å². The lowest BCUT2D eigenvalue weighted by molar-refractivity contribution is 0.190. The van der Waals surface area contributed by atoms with Crippen molar-refractivity contribution in [2.75, 3.05) is 19.3 Å². The predicted molar refractivity (Wildman–Crippen MR) is 117 cm³/mol. The summed E-state index contributed by atoms with van der Waals surface area (Å²) in [5.41, 5.74) is 4.86. The number of halogens is 1. The van der Waals surface area contributed by atoms with E-state index in [1.165, 1.54) is 29.1 Å². The highest BCUT2D eigenvalue weighted by atomic mass is 35.5. The Bertz CT molecular complexity index is 1200. The van der Waals surface area contributed by atoms with Crippen LogP contribution in [0.1, 0.15) is 29.5 Å². The number of aromatic nitrogens is 2. The van der Waals surface area contributed by atoms with E-state index in [1.807, 2.05) is 12.1 Å². The first-order valence-corrected chi connectivity index (χ1v) is 12.3. The van der Waals surface area contributed by atoms with Gasteiger partial charge in [0, 0.05) is 41.2 Å². The summed E-state index contributed by atoms with van der Waals surface area (Å²) in [4.78, 5) is 11.2. The maximum absolute atomic E-state index is 11.7. The SMILES string of the molecule is CS(=O)(=O)c1cnc(-c2ccc3c(c2)CN2CCC3(c3ccc(Cl)cc3)CC2)nc1. The molecule has 0 unspecified atom stereocenters. The van der Waals surface area contributed by atoms with E-state index in [-0.39, 0.29) is 10.3 Å². The fraction of sp³-hybridized carbons (Fsp3) is 0.304. The van der Waals surface area contributed by atoms with Crippen molar-refractivity contribution >= 4 is 21.4 Å². The molecule has 30 heavy (non-hydrogen) atoms. The first-order valence-electron chi connectivity index (χ1n) is 9.99. The number of benzene rings is 2.